The molecule has 0 radical (unpaired) electrons. The molecule has 1 amide bonds. The highest BCUT2D eigenvalue weighted by atomic mass is 16.5. The van der Waals surface area contributed by atoms with Gasteiger partial charge in [-0.3, -0.25) is 4.79 Å². The number of amides is 1. The second-order valence-corrected chi connectivity index (χ2v) is 4.31. The number of nitrogens with two attached hydrogens (primary N) is 1. The number of benzene rings is 1. The van der Waals surface area contributed by atoms with Crippen molar-refractivity contribution in [2.45, 2.75) is 13.0 Å². The Balaban J connectivity index is 2.14. The van der Waals surface area contributed by atoms with E-state index in [0.717, 1.165) is 22.7 Å². The van der Waals surface area contributed by atoms with Gasteiger partial charge in [-0.05, 0) is 12.1 Å². The van der Waals surface area contributed by atoms with E-state index in [2.05, 4.69) is 4.98 Å². The first-order chi connectivity index (χ1) is 8.66. The maximum atomic E-state index is 11.0. The standard InChI is InChI=1S/C13H13N3O2/c1-16-9-7-18-10-5-3-2-4-8(10)13(9)15-12(16)6-11(14)17/h2-5H,6-7H2,1H3,(H2,14,17). The van der Waals surface area contributed by atoms with Gasteiger partial charge in [0, 0.05) is 12.6 Å². The fraction of sp³-hybridized carbons (Fsp3) is 0.231. The third-order valence-electron chi connectivity index (χ3n) is 3.15. The Labute approximate surface area is 104 Å². The summed E-state index contributed by atoms with van der Waals surface area (Å²) in [5, 5.41) is 0. The van der Waals surface area contributed by atoms with Gasteiger partial charge in [0.15, 0.2) is 0 Å². The first-order valence-corrected chi connectivity index (χ1v) is 5.72. The van der Waals surface area contributed by atoms with Gasteiger partial charge >= 0.3 is 0 Å². The van der Waals surface area contributed by atoms with Crippen LogP contribution in [0.1, 0.15) is 11.5 Å². The highest BCUT2D eigenvalue weighted by Crippen LogP contribution is 2.36. The number of rotatable bonds is 2. The monoisotopic (exact) mass is 243 g/mol. The van der Waals surface area contributed by atoms with Crippen LogP contribution < -0.4 is 10.5 Å². The molecule has 92 valence electrons. The predicted molar refractivity (Wildman–Crippen MR) is 65.9 cm³/mol. The lowest BCUT2D eigenvalue weighted by Crippen LogP contribution is -2.17. The van der Waals surface area contributed by atoms with E-state index in [1.165, 1.54) is 0 Å². The van der Waals surface area contributed by atoms with Gasteiger partial charge in [0.2, 0.25) is 5.91 Å². The van der Waals surface area contributed by atoms with Crippen LogP contribution in [0.5, 0.6) is 5.75 Å². The average Bonchev–Trinajstić information content (AvgIpc) is 2.66. The number of carbonyl (C=O) groups is 1. The van der Waals surface area contributed by atoms with Crippen molar-refractivity contribution in [1.82, 2.24) is 9.55 Å². The van der Waals surface area contributed by atoms with Crippen molar-refractivity contribution < 1.29 is 9.53 Å². The van der Waals surface area contributed by atoms with Crippen LogP contribution >= 0.6 is 0 Å². The highest BCUT2D eigenvalue weighted by molar-refractivity contribution is 5.77. The second kappa shape index (κ2) is 3.87. The first kappa shape index (κ1) is 10.8. The Morgan fingerprint density at radius 3 is 3.06 bits per heavy atom. The average molecular weight is 243 g/mol. The Bertz CT molecular complexity index is 631. The lowest BCUT2D eigenvalue weighted by atomic mass is 10.1. The minimum absolute atomic E-state index is 0.145. The Kier molecular flexibility index (Phi) is 2.33. The molecule has 5 heteroatoms. The molecule has 1 aliphatic rings. The zero-order valence-corrected chi connectivity index (χ0v) is 10.0. The molecule has 2 aromatic rings. The van der Waals surface area contributed by atoms with Crippen LogP contribution in [0, 0.1) is 0 Å². The van der Waals surface area contributed by atoms with Crippen molar-refractivity contribution in [3.63, 3.8) is 0 Å². The van der Waals surface area contributed by atoms with Gasteiger partial charge in [-0.25, -0.2) is 4.98 Å². The molecular formula is C13H13N3O2. The van der Waals surface area contributed by atoms with Crippen molar-refractivity contribution in [2.75, 3.05) is 0 Å². The maximum Gasteiger partial charge on any atom is 0.225 e. The largest absolute Gasteiger partial charge is 0.487 e. The van der Waals surface area contributed by atoms with Crippen LogP contribution in [0.3, 0.4) is 0 Å². The van der Waals surface area contributed by atoms with Crippen LogP contribution in [0.2, 0.25) is 0 Å². The molecule has 0 spiro atoms. The third-order valence-corrected chi connectivity index (χ3v) is 3.15. The summed E-state index contributed by atoms with van der Waals surface area (Å²) in [6.07, 6.45) is 0.145. The van der Waals surface area contributed by atoms with Gasteiger partial charge in [0.05, 0.1) is 17.8 Å². The van der Waals surface area contributed by atoms with Crippen molar-refractivity contribution in [2.24, 2.45) is 12.8 Å². The maximum absolute atomic E-state index is 11.0. The number of hydrogen-bond donors (Lipinski definition) is 1. The molecule has 2 N–H and O–H groups in total. The minimum atomic E-state index is -0.380. The number of nitrogens with zero attached hydrogens (tertiary/aromatic N) is 2. The third kappa shape index (κ3) is 1.55. The molecule has 0 fully saturated rings. The van der Waals surface area contributed by atoms with Gasteiger partial charge in [0.25, 0.3) is 0 Å². The van der Waals surface area contributed by atoms with E-state index in [1.807, 2.05) is 35.9 Å². The fourth-order valence-electron chi connectivity index (χ4n) is 2.21. The summed E-state index contributed by atoms with van der Waals surface area (Å²) < 4.78 is 7.56. The Hall–Kier alpha value is -2.30. The molecule has 18 heavy (non-hydrogen) atoms. The van der Waals surface area contributed by atoms with E-state index in [4.69, 9.17) is 10.5 Å². The summed E-state index contributed by atoms with van der Waals surface area (Å²) in [7, 11) is 1.88. The molecule has 1 aromatic heterocycles. The lowest BCUT2D eigenvalue weighted by molar-refractivity contribution is -0.117. The summed E-state index contributed by atoms with van der Waals surface area (Å²) in [4.78, 5) is 15.5. The van der Waals surface area contributed by atoms with Crippen LogP contribution in [-0.2, 0) is 24.9 Å². The van der Waals surface area contributed by atoms with E-state index in [9.17, 15) is 4.79 Å². The molecule has 0 aliphatic carbocycles. The SMILES string of the molecule is Cn1c(CC(N)=O)nc2c1COc1ccccc1-2. The number of fused-ring (bicyclic) bond motifs is 3. The van der Waals surface area contributed by atoms with Gasteiger partial charge in [-0.15, -0.1) is 0 Å². The number of imidazole rings is 1. The number of hydrogen-bond acceptors (Lipinski definition) is 3. The normalized spacial score (nSPS) is 12.5. The highest BCUT2D eigenvalue weighted by Gasteiger charge is 2.23. The van der Waals surface area contributed by atoms with Gasteiger partial charge < -0.3 is 15.0 Å². The number of ether oxygens (including phenoxy) is 1. The molecule has 3 rings (SSSR count). The van der Waals surface area contributed by atoms with Crippen molar-refractivity contribution in [3.05, 3.63) is 35.8 Å². The summed E-state index contributed by atoms with van der Waals surface area (Å²) in [6, 6.07) is 7.76. The quantitative estimate of drug-likeness (QED) is 0.855. The number of aromatic nitrogens is 2. The molecule has 1 aliphatic heterocycles. The summed E-state index contributed by atoms with van der Waals surface area (Å²) in [5.74, 6) is 1.12. The van der Waals surface area contributed by atoms with Gasteiger partial charge in [0.1, 0.15) is 18.2 Å². The van der Waals surface area contributed by atoms with Crippen molar-refractivity contribution in [3.8, 4) is 17.0 Å². The van der Waals surface area contributed by atoms with E-state index in [1.54, 1.807) is 0 Å². The zero-order chi connectivity index (χ0) is 12.7. The van der Waals surface area contributed by atoms with Crippen LogP contribution in [-0.4, -0.2) is 15.5 Å². The molecule has 5 nitrogen and oxygen atoms in total. The molecule has 0 unspecified atom stereocenters. The number of carbonyl (C=O) groups excluding carboxylic acids is 1. The molecule has 0 atom stereocenters. The molecule has 1 aromatic carbocycles. The van der Waals surface area contributed by atoms with E-state index in [-0.39, 0.29) is 12.3 Å². The van der Waals surface area contributed by atoms with Gasteiger partial charge in [-0.1, -0.05) is 12.1 Å². The van der Waals surface area contributed by atoms with Crippen LogP contribution in [0.25, 0.3) is 11.3 Å². The molecule has 0 saturated heterocycles. The first-order valence-electron chi connectivity index (χ1n) is 5.72. The summed E-state index contributed by atoms with van der Waals surface area (Å²) >= 11 is 0. The lowest BCUT2D eigenvalue weighted by Gasteiger charge is -2.17. The van der Waals surface area contributed by atoms with E-state index >= 15 is 0 Å². The van der Waals surface area contributed by atoms with Gasteiger partial charge in [-0.2, -0.15) is 0 Å². The Morgan fingerprint density at radius 1 is 1.50 bits per heavy atom. The zero-order valence-electron chi connectivity index (χ0n) is 10.0. The van der Waals surface area contributed by atoms with Crippen LogP contribution in [0.15, 0.2) is 24.3 Å². The Morgan fingerprint density at radius 2 is 2.28 bits per heavy atom. The summed E-state index contributed by atoms with van der Waals surface area (Å²) in [5.41, 5.74) is 8.05. The second-order valence-electron chi connectivity index (χ2n) is 4.31. The van der Waals surface area contributed by atoms with E-state index in [0.29, 0.717) is 12.4 Å². The van der Waals surface area contributed by atoms with Crippen LogP contribution in [0.4, 0.5) is 0 Å². The predicted octanol–water partition coefficient (Wildman–Crippen LogP) is 1.01. The number of primary amides is 1. The fourth-order valence-corrected chi connectivity index (χ4v) is 2.21. The number of para-hydroxylation sites is 1. The smallest absolute Gasteiger partial charge is 0.225 e. The minimum Gasteiger partial charge on any atom is -0.487 e. The molecule has 0 saturated carbocycles. The molecular weight excluding hydrogens is 230 g/mol. The topological polar surface area (TPSA) is 70.1 Å². The van der Waals surface area contributed by atoms with Crippen molar-refractivity contribution >= 4 is 5.91 Å². The molecule has 2 heterocycles. The summed E-state index contributed by atoms with van der Waals surface area (Å²) in [6.45, 7) is 0.467. The molecule has 0 bridgehead atoms. The van der Waals surface area contributed by atoms with Crippen molar-refractivity contribution in [1.29, 1.82) is 0 Å². The van der Waals surface area contributed by atoms with E-state index < -0.39 is 0 Å².